The van der Waals surface area contributed by atoms with Gasteiger partial charge in [0.25, 0.3) is 0 Å². The summed E-state index contributed by atoms with van der Waals surface area (Å²) < 4.78 is 1.13. The summed E-state index contributed by atoms with van der Waals surface area (Å²) in [6.07, 6.45) is 6.41. The van der Waals surface area contributed by atoms with Crippen molar-refractivity contribution in [3.63, 3.8) is 0 Å². The first-order valence-corrected chi connectivity index (χ1v) is 5.73. The molecule has 3 aliphatic rings. The number of fused-ring (bicyclic) bond motifs is 2. The number of nitrogens with one attached hydrogen (secondary N) is 1. The zero-order valence-corrected chi connectivity index (χ0v) is 9.39. The maximum absolute atomic E-state index is 4.70. The van der Waals surface area contributed by atoms with Gasteiger partial charge in [0.15, 0.2) is 0 Å². The Balaban J connectivity index is 2.14. The van der Waals surface area contributed by atoms with Crippen molar-refractivity contribution in [2.45, 2.75) is 12.8 Å². The van der Waals surface area contributed by atoms with Crippen LogP contribution in [-0.4, -0.2) is 18.8 Å². The molecular formula is C11H11BrN2. The van der Waals surface area contributed by atoms with Crippen molar-refractivity contribution in [2.24, 2.45) is 4.99 Å². The molecule has 1 saturated heterocycles. The second-order valence-electron chi connectivity index (χ2n) is 3.75. The topological polar surface area (TPSA) is 24.4 Å². The first-order valence-electron chi connectivity index (χ1n) is 4.93. The third-order valence-corrected chi connectivity index (χ3v) is 3.54. The molecule has 0 bridgehead atoms. The van der Waals surface area contributed by atoms with Crippen molar-refractivity contribution >= 4 is 21.6 Å². The Morgan fingerprint density at radius 2 is 2.29 bits per heavy atom. The third kappa shape index (κ3) is 1.16. The van der Waals surface area contributed by atoms with Gasteiger partial charge in [0.2, 0.25) is 0 Å². The largest absolute Gasteiger partial charge is 0.312 e. The van der Waals surface area contributed by atoms with Gasteiger partial charge in [0.05, 0.1) is 5.70 Å². The van der Waals surface area contributed by atoms with Crippen LogP contribution in [0.3, 0.4) is 0 Å². The Hall–Kier alpha value is -0.670. The second-order valence-corrected chi connectivity index (χ2v) is 4.60. The Bertz CT molecular complexity index is 413. The molecule has 3 rings (SSSR count). The van der Waals surface area contributed by atoms with Crippen LogP contribution in [0.1, 0.15) is 12.8 Å². The molecule has 0 aromatic rings. The number of rotatable bonds is 0. The van der Waals surface area contributed by atoms with E-state index in [-0.39, 0.29) is 0 Å². The highest BCUT2D eigenvalue weighted by molar-refractivity contribution is 9.11. The van der Waals surface area contributed by atoms with Crippen LogP contribution in [0.5, 0.6) is 0 Å². The molecular weight excluding hydrogens is 240 g/mol. The van der Waals surface area contributed by atoms with E-state index in [0.29, 0.717) is 0 Å². The highest BCUT2D eigenvalue weighted by Gasteiger charge is 2.27. The lowest BCUT2D eigenvalue weighted by atomic mass is 9.96. The van der Waals surface area contributed by atoms with Crippen LogP contribution < -0.4 is 5.32 Å². The molecule has 2 aliphatic heterocycles. The lowest BCUT2D eigenvalue weighted by molar-refractivity contribution is 0.730. The fraction of sp³-hybridized carbons (Fsp3) is 0.364. The van der Waals surface area contributed by atoms with Crippen molar-refractivity contribution < 1.29 is 0 Å². The minimum atomic E-state index is 0.992. The fourth-order valence-corrected chi connectivity index (χ4v) is 2.71. The average molecular weight is 251 g/mol. The first kappa shape index (κ1) is 8.62. The quantitative estimate of drug-likeness (QED) is 0.701. The molecule has 72 valence electrons. The molecule has 3 heteroatoms. The van der Waals surface area contributed by atoms with Gasteiger partial charge in [-0.25, -0.2) is 0 Å². The number of allylic oxidation sites excluding steroid dienone is 4. The van der Waals surface area contributed by atoms with E-state index in [1.54, 1.807) is 0 Å². The van der Waals surface area contributed by atoms with Crippen LogP contribution in [0.15, 0.2) is 38.5 Å². The minimum Gasteiger partial charge on any atom is -0.312 e. The maximum atomic E-state index is 4.70. The van der Waals surface area contributed by atoms with Gasteiger partial charge in [-0.15, -0.1) is 0 Å². The Labute approximate surface area is 91.6 Å². The summed E-state index contributed by atoms with van der Waals surface area (Å²) >= 11 is 3.56. The lowest BCUT2D eigenvalue weighted by Gasteiger charge is -2.16. The van der Waals surface area contributed by atoms with E-state index in [0.717, 1.165) is 30.4 Å². The monoisotopic (exact) mass is 250 g/mol. The predicted octanol–water partition coefficient (Wildman–Crippen LogP) is 2.30. The van der Waals surface area contributed by atoms with Crippen LogP contribution >= 0.6 is 15.9 Å². The molecule has 14 heavy (non-hydrogen) atoms. The molecule has 0 aromatic heterocycles. The number of piperidine rings is 1. The Kier molecular flexibility index (Phi) is 1.96. The lowest BCUT2D eigenvalue weighted by Crippen LogP contribution is -2.29. The Morgan fingerprint density at radius 1 is 1.36 bits per heavy atom. The van der Waals surface area contributed by atoms with Gasteiger partial charge < -0.3 is 5.32 Å². The van der Waals surface area contributed by atoms with Crippen LogP contribution in [0.4, 0.5) is 0 Å². The van der Waals surface area contributed by atoms with Gasteiger partial charge in [0, 0.05) is 29.7 Å². The summed E-state index contributed by atoms with van der Waals surface area (Å²) in [7, 11) is 0. The van der Waals surface area contributed by atoms with Gasteiger partial charge in [-0.3, -0.25) is 4.99 Å². The molecule has 2 heterocycles. The first-order chi connectivity index (χ1) is 6.86. The standard InChI is InChI=1S/C11H11BrN2/c12-9-3-1-2-7-8-6-13-5-4-10(8)14-11(7)9/h1,3,13H,2,4-6H2. The van der Waals surface area contributed by atoms with Crippen molar-refractivity contribution in [1.82, 2.24) is 5.32 Å². The van der Waals surface area contributed by atoms with Gasteiger partial charge in [0.1, 0.15) is 0 Å². The summed E-state index contributed by atoms with van der Waals surface area (Å²) in [4.78, 5) is 4.70. The molecule has 0 atom stereocenters. The number of hydrogen-bond donors (Lipinski definition) is 1. The van der Waals surface area contributed by atoms with Gasteiger partial charge >= 0.3 is 0 Å². The molecule has 0 saturated carbocycles. The molecule has 0 spiro atoms. The van der Waals surface area contributed by atoms with Gasteiger partial charge in [-0.05, 0) is 39.6 Å². The van der Waals surface area contributed by atoms with E-state index in [9.17, 15) is 0 Å². The maximum Gasteiger partial charge on any atom is 0.0813 e. The van der Waals surface area contributed by atoms with E-state index in [1.807, 2.05) is 0 Å². The molecule has 0 amide bonds. The van der Waals surface area contributed by atoms with Crippen molar-refractivity contribution in [2.75, 3.05) is 13.1 Å². The van der Waals surface area contributed by atoms with Crippen molar-refractivity contribution in [1.29, 1.82) is 0 Å². The zero-order valence-electron chi connectivity index (χ0n) is 7.81. The summed E-state index contributed by atoms with van der Waals surface area (Å²) in [6.45, 7) is 2.06. The van der Waals surface area contributed by atoms with Crippen molar-refractivity contribution in [3.05, 3.63) is 33.5 Å². The molecule has 0 unspecified atom stereocenters. The van der Waals surface area contributed by atoms with E-state index in [1.165, 1.54) is 22.6 Å². The van der Waals surface area contributed by atoms with E-state index in [4.69, 9.17) is 4.99 Å². The molecule has 1 aliphatic carbocycles. The second kappa shape index (κ2) is 3.17. The smallest absolute Gasteiger partial charge is 0.0813 e. The summed E-state index contributed by atoms with van der Waals surface area (Å²) in [6, 6.07) is 0. The predicted molar refractivity (Wildman–Crippen MR) is 61.7 cm³/mol. The van der Waals surface area contributed by atoms with E-state index >= 15 is 0 Å². The fourth-order valence-electron chi connectivity index (χ4n) is 2.20. The molecule has 1 N–H and O–H groups in total. The average Bonchev–Trinajstić information content (AvgIpc) is 2.59. The summed E-state index contributed by atoms with van der Waals surface area (Å²) in [5.74, 6) is 0. The minimum absolute atomic E-state index is 0.992. The highest BCUT2D eigenvalue weighted by atomic mass is 79.9. The number of nitrogens with zero attached hydrogens (tertiary/aromatic N) is 1. The zero-order chi connectivity index (χ0) is 9.54. The SMILES string of the molecule is BrC1=C2N=C3CCNCC3=C2CC=C1. The van der Waals surface area contributed by atoms with Crippen LogP contribution in [0.25, 0.3) is 0 Å². The van der Waals surface area contributed by atoms with Gasteiger partial charge in [-0.1, -0.05) is 6.08 Å². The van der Waals surface area contributed by atoms with Crippen molar-refractivity contribution in [3.8, 4) is 0 Å². The van der Waals surface area contributed by atoms with Crippen LogP contribution in [-0.2, 0) is 0 Å². The molecule has 0 radical (unpaired) electrons. The Morgan fingerprint density at radius 3 is 3.21 bits per heavy atom. The van der Waals surface area contributed by atoms with Crippen LogP contribution in [0, 0.1) is 0 Å². The van der Waals surface area contributed by atoms with E-state index in [2.05, 4.69) is 33.4 Å². The normalized spacial score (nSPS) is 25.1. The third-order valence-electron chi connectivity index (χ3n) is 2.90. The number of aliphatic imine (C=N–C) groups is 1. The summed E-state index contributed by atoms with van der Waals surface area (Å²) in [5.41, 5.74) is 5.32. The molecule has 2 nitrogen and oxygen atoms in total. The summed E-state index contributed by atoms with van der Waals surface area (Å²) in [5, 5.41) is 3.40. The van der Waals surface area contributed by atoms with Gasteiger partial charge in [-0.2, -0.15) is 0 Å². The number of halogens is 1. The highest BCUT2D eigenvalue weighted by Crippen LogP contribution is 2.37. The van der Waals surface area contributed by atoms with E-state index < -0.39 is 0 Å². The van der Waals surface area contributed by atoms with Crippen LogP contribution in [0.2, 0.25) is 0 Å². The molecule has 0 aromatic carbocycles. The molecule has 1 fully saturated rings. The number of hydrogen-bond acceptors (Lipinski definition) is 2.